The lowest BCUT2D eigenvalue weighted by Crippen LogP contribution is -2.49. The van der Waals surface area contributed by atoms with Gasteiger partial charge >= 0.3 is 0 Å². The van der Waals surface area contributed by atoms with Crippen LogP contribution >= 0.6 is 0 Å². The van der Waals surface area contributed by atoms with Crippen LogP contribution in [-0.4, -0.2) is 54.8 Å². The van der Waals surface area contributed by atoms with Crippen molar-refractivity contribution in [1.29, 1.82) is 5.41 Å². The molecule has 8 nitrogen and oxygen atoms in total. The van der Waals surface area contributed by atoms with Gasteiger partial charge in [0.1, 0.15) is 17.6 Å². The third kappa shape index (κ3) is 6.45. The minimum Gasteiger partial charge on any atom is -0.496 e. The third-order valence-corrected chi connectivity index (χ3v) is 6.57. The van der Waals surface area contributed by atoms with E-state index in [1.54, 1.807) is 30.2 Å². The Labute approximate surface area is 190 Å². The number of carbonyl (C=O) groups is 2. The van der Waals surface area contributed by atoms with Crippen molar-refractivity contribution in [2.24, 2.45) is 5.73 Å². The number of nitrogens with two attached hydrogens (primary N) is 1. The molecule has 1 aliphatic carbocycles. The standard InChI is InChI=1S/C24H37N5O3/c1-32-21-14-17(23(25)26)11-12-18(21)15-28-24(31)20-10-7-13-29(20)22(30)16-27-19-8-5-3-2-4-6-9-19/h11-12,14,19-20,27H,2-10,13,15-16H2,1H3,(H3,25,26)(H,28,31)/t20-/m0/s1. The number of benzene rings is 1. The van der Waals surface area contributed by atoms with Gasteiger partial charge in [-0.25, -0.2) is 0 Å². The highest BCUT2D eigenvalue weighted by atomic mass is 16.5. The van der Waals surface area contributed by atoms with Crippen LogP contribution in [0.4, 0.5) is 0 Å². The predicted octanol–water partition coefficient (Wildman–Crippen LogP) is 2.29. The lowest BCUT2D eigenvalue weighted by molar-refractivity contribution is -0.137. The second-order valence-electron chi connectivity index (χ2n) is 8.83. The van der Waals surface area contributed by atoms with Crippen molar-refractivity contribution in [2.75, 3.05) is 20.2 Å². The number of hydrogen-bond acceptors (Lipinski definition) is 5. The molecule has 1 saturated carbocycles. The highest BCUT2D eigenvalue weighted by molar-refractivity contribution is 5.95. The number of amidine groups is 1. The Kier molecular flexibility index (Phi) is 8.90. The van der Waals surface area contributed by atoms with Gasteiger partial charge in [-0.15, -0.1) is 0 Å². The maximum atomic E-state index is 12.9. The van der Waals surface area contributed by atoms with Crippen LogP contribution in [-0.2, 0) is 16.1 Å². The van der Waals surface area contributed by atoms with E-state index in [0.717, 1.165) is 24.8 Å². The summed E-state index contributed by atoms with van der Waals surface area (Å²) in [7, 11) is 1.55. The summed E-state index contributed by atoms with van der Waals surface area (Å²) < 4.78 is 5.38. The highest BCUT2D eigenvalue weighted by Gasteiger charge is 2.34. The molecule has 0 radical (unpaired) electrons. The number of likely N-dealkylation sites (tertiary alicyclic amines) is 1. The molecule has 2 amide bonds. The molecule has 176 valence electrons. The van der Waals surface area contributed by atoms with Gasteiger partial charge in [0.2, 0.25) is 11.8 Å². The van der Waals surface area contributed by atoms with E-state index in [2.05, 4.69) is 10.6 Å². The first-order valence-corrected chi connectivity index (χ1v) is 11.8. The molecule has 1 aromatic rings. The van der Waals surface area contributed by atoms with Crippen LogP contribution in [0.2, 0.25) is 0 Å². The molecule has 1 aliphatic heterocycles. The summed E-state index contributed by atoms with van der Waals surface area (Å²) in [6.07, 6.45) is 10.1. The van der Waals surface area contributed by atoms with Crippen LogP contribution in [0.15, 0.2) is 18.2 Å². The molecule has 1 atom stereocenters. The van der Waals surface area contributed by atoms with E-state index in [1.165, 1.54) is 32.1 Å². The second-order valence-corrected chi connectivity index (χ2v) is 8.83. The molecule has 1 aromatic carbocycles. The SMILES string of the molecule is COc1cc(C(=N)N)ccc1CNC(=O)[C@@H]1CCCN1C(=O)CNC1CCCCCCC1. The van der Waals surface area contributed by atoms with Gasteiger partial charge in [0.25, 0.3) is 0 Å². The molecule has 0 bridgehead atoms. The lowest BCUT2D eigenvalue weighted by Gasteiger charge is -2.26. The molecule has 1 heterocycles. The first-order chi connectivity index (χ1) is 15.5. The van der Waals surface area contributed by atoms with Gasteiger partial charge in [-0.1, -0.05) is 44.2 Å². The minimum absolute atomic E-state index is 0.00750. The molecular weight excluding hydrogens is 406 g/mol. The summed E-state index contributed by atoms with van der Waals surface area (Å²) in [4.78, 5) is 27.5. The van der Waals surface area contributed by atoms with E-state index in [0.29, 0.717) is 43.4 Å². The van der Waals surface area contributed by atoms with Gasteiger partial charge in [0.15, 0.2) is 0 Å². The lowest BCUT2D eigenvalue weighted by atomic mass is 9.97. The summed E-state index contributed by atoms with van der Waals surface area (Å²) in [5.74, 6) is 0.403. The molecule has 0 spiro atoms. The molecule has 5 N–H and O–H groups in total. The van der Waals surface area contributed by atoms with Crippen LogP contribution in [0.25, 0.3) is 0 Å². The molecule has 0 aromatic heterocycles. The van der Waals surface area contributed by atoms with Gasteiger partial charge in [0, 0.05) is 30.3 Å². The molecule has 2 aliphatic rings. The fraction of sp³-hybridized carbons (Fsp3) is 0.625. The van der Waals surface area contributed by atoms with E-state index >= 15 is 0 Å². The smallest absolute Gasteiger partial charge is 0.243 e. The number of nitrogen functional groups attached to an aromatic ring is 1. The van der Waals surface area contributed by atoms with Crippen molar-refractivity contribution >= 4 is 17.6 Å². The van der Waals surface area contributed by atoms with Crippen LogP contribution < -0.4 is 21.1 Å². The molecule has 32 heavy (non-hydrogen) atoms. The third-order valence-electron chi connectivity index (χ3n) is 6.57. The number of carbonyl (C=O) groups excluding carboxylic acids is 2. The highest BCUT2D eigenvalue weighted by Crippen LogP contribution is 2.22. The normalized spacial score (nSPS) is 19.8. The number of hydrogen-bond donors (Lipinski definition) is 4. The zero-order valence-electron chi connectivity index (χ0n) is 19.1. The molecule has 1 saturated heterocycles. The maximum Gasteiger partial charge on any atom is 0.243 e. The van der Waals surface area contributed by atoms with Crippen molar-refractivity contribution in [3.63, 3.8) is 0 Å². The van der Waals surface area contributed by atoms with E-state index in [9.17, 15) is 9.59 Å². The summed E-state index contributed by atoms with van der Waals surface area (Å²) in [6.45, 7) is 1.22. The first kappa shape index (κ1) is 24.0. The molecule has 0 unspecified atom stereocenters. The number of methoxy groups -OCH3 is 1. The van der Waals surface area contributed by atoms with Gasteiger partial charge in [-0.05, 0) is 31.7 Å². The fourth-order valence-electron chi connectivity index (χ4n) is 4.69. The van der Waals surface area contributed by atoms with Crippen molar-refractivity contribution < 1.29 is 14.3 Å². The number of rotatable bonds is 8. The van der Waals surface area contributed by atoms with Crippen molar-refractivity contribution in [2.45, 2.75) is 76.4 Å². The van der Waals surface area contributed by atoms with E-state index in [4.69, 9.17) is 15.9 Å². The average Bonchev–Trinajstić information content (AvgIpc) is 3.26. The summed E-state index contributed by atoms with van der Waals surface area (Å²) >= 11 is 0. The van der Waals surface area contributed by atoms with Crippen LogP contribution in [0.5, 0.6) is 5.75 Å². The Morgan fingerprint density at radius 2 is 1.84 bits per heavy atom. The monoisotopic (exact) mass is 443 g/mol. The Bertz CT molecular complexity index is 805. The Hall–Kier alpha value is -2.61. The fourth-order valence-corrected chi connectivity index (χ4v) is 4.69. The first-order valence-electron chi connectivity index (χ1n) is 11.8. The zero-order chi connectivity index (χ0) is 22.9. The number of amides is 2. The number of nitrogens with zero attached hydrogens (tertiary/aromatic N) is 1. The van der Waals surface area contributed by atoms with Gasteiger partial charge in [-0.3, -0.25) is 15.0 Å². The number of nitrogens with one attached hydrogen (secondary N) is 3. The minimum atomic E-state index is -0.427. The maximum absolute atomic E-state index is 12.9. The largest absolute Gasteiger partial charge is 0.496 e. The second kappa shape index (κ2) is 11.9. The Balaban J connectivity index is 1.52. The summed E-state index contributed by atoms with van der Waals surface area (Å²) in [5, 5.41) is 14.0. The van der Waals surface area contributed by atoms with E-state index < -0.39 is 6.04 Å². The van der Waals surface area contributed by atoms with Gasteiger partial charge < -0.3 is 26.0 Å². The van der Waals surface area contributed by atoms with E-state index in [-0.39, 0.29) is 17.6 Å². The predicted molar refractivity (Wildman–Crippen MR) is 125 cm³/mol. The zero-order valence-corrected chi connectivity index (χ0v) is 19.1. The molecular formula is C24H37N5O3. The molecule has 3 rings (SSSR count). The van der Waals surface area contributed by atoms with Crippen molar-refractivity contribution in [3.05, 3.63) is 29.3 Å². The van der Waals surface area contributed by atoms with Crippen LogP contribution in [0, 0.1) is 5.41 Å². The van der Waals surface area contributed by atoms with Crippen LogP contribution in [0.1, 0.15) is 68.9 Å². The quantitative estimate of drug-likeness (QED) is 0.363. The van der Waals surface area contributed by atoms with Gasteiger partial charge in [0.05, 0.1) is 13.7 Å². The van der Waals surface area contributed by atoms with Crippen molar-refractivity contribution in [1.82, 2.24) is 15.5 Å². The Morgan fingerprint density at radius 3 is 2.53 bits per heavy atom. The average molecular weight is 444 g/mol. The molecule has 2 fully saturated rings. The summed E-state index contributed by atoms with van der Waals surface area (Å²) in [6, 6.07) is 5.20. The number of ether oxygens (including phenoxy) is 1. The molecule has 8 heteroatoms. The summed E-state index contributed by atoms with van der Waals surface area (Å²) in [5.41, 5.74) is 6.91. The topological polar surface area (TPSA) is 121 Å². The van der Waals surface area contributed by atoms with Gasteiger partial charge in [-0.2, -0.15) is 0 Å². The van der Waals surface area contributed by atoms with E-state index in [1.807, 2.05) is 0 Å². The van der Waals surface area contributed by atoms with Crippen LogP contribution in [0.3, 0.4) is 0 Å². The van der Waals surface area contributed by atoms with Crippen molar-refractivity contribution in [3.8, 4) is 5.75 Å². The Morgan fingerprint density at radius 1 is 1.12 bits per heavy atom.